The number of amides is 1. The van der Waals surface area contributed by atoms with Crippen LogP contribution in [0.25, 0.3) is 6.08 Å². The molecule has 1 amide bonds. The van der Waals surface area contributed by atoms with Crippen LogP contribution < -0.4 is 9.64 Å². The van der Waals surface area contributed by atoms with Crippen LogP contribution in [0.2, 0.25) is 0 Å². The summed E-state index contributed by atoms with van der Waals surface area (Å²) in [5, 5.41) is 18.9. The van der Waals surface area contributed by atoms with Gasteiger partial charge in [0.1, 0.15) is 5.75 Å². The van der Waals surface area contributed by atoms with E-state index in [-0.39, 0.29) is 17.4 Å². The molecule has 1 aliphatic rings. The highest BCUT2D eigenvalue weighted by Gasteiger charge is 2.33. The van der Waals surface area contributed by atoms with Crippen molar-refractivity contribution < 1.29 is 19.7 Å². The maximum Gasteiger partial charge on any atom is 0.270 e. The van der Waals surface area contributed by atoms with Crippen LogP contribution in [0.1, 0.15) is 5.56 Å². The maximum absolute atomic E-state index is 12.6. The molecule has 0 radical (unpaired) electrons. The van der Waals surface area contributed by atoms with Crippen molar-refractivity contribution in [1.82, 2.24) is 0 Å². The van der Waals surface area contributed by atoms with Gasteiger partial charge in [-0.25, -0.2) is 0 Å². The van der Waals surface area contributed by atoms with E-state index in [4.69, 9.17) is 17.0 Å². The fourth-order valence-corrected chi connectivity index (χ4v) is 3.50. The molecule has 5 nitrogen and oxygen atoms in total. The minimum absolute atomic E-state index is 0.210. The summed E-state index contributed by atoms with van der Waals surface area (Å²) in [6.07, 6.45) is 1.63. The van der Waals surface area contributed by atoms with E-state index in [1.54, 1.807) is 43.5 Å². The molecule has 1 saturated heterocycles. The van der Waals surface area contributed by atoms with E-state index in [0.29, 0.717) is 26.2 Å². The molecule has 1 fully saturated rings. The number of rotatable bonds is 3. The summed E-state index contributed by atoms with van der Waals surface area (Å²) in [6.45, 7) is 0. The van der Waals surface area contributed by atoms with Crippen molar-refractivity contribution >= 4 is 46.0 Å². The number of benzene rings is 2. The number of ether oxygens (including phenoxy) is 1. The molecule has 2 aromatic carbocycles. The summed E-state index contributed by atoms with van der Waals surface area (Å²) in [6, 6.07) is 11.4. The molecular weight excluding hydrogens is 346 g/mol. The van der Waals surface area contributed by atoms with E-state index in [9.17, 15) is 15.0 Å². The lowest BCUT2D eigenvalue weighted by atomic mass is 10.2. The number of methoxy groups -OCH3 is 1. The predicted molar refractivity (Wildman–Crippen MR) is 98.4 cm³/mol. The minimum Gasteiger partial charge on any atom is -0.504 e. The van der Waals surface area contributed by atoms with Crippen molar-refractivity contribution in [2.24, 2.45) is 0 Å². The molecule has 0 atom stereocenters. The van der Waals surface area contributed by atoms with E-state index < -0.39 is 0 Å². The second kappa shape index (κ2) is 6.54. The average molecular weight is 359 g/mol. The van der Waals surface area contributed by atoms with Crippen molar-refractivity contribution in [2.75, 3.05) is 12.0 Å². The molecule has 0 unspecified atom stereocenters. The van der Waals surface area contributed by atoms with Gasteiger partial charge in [0, 0.05) is 0 Å². The Morgan fingerprint density at radius 1 is 1.12 bits per heavy atom. The maximum atomic E-state index is 12.6. The van der Waals surface area contributed by atoms with Gasteiger partial charge in [0.05, 0.1) is 17.7 Å². The van der Waals surface area contributed by atoms with Crippen molar-refractivity contribution in [3.8, 4) is 17.2 Å². The molecule has 0 spiro atoms. The Hall–Kier alpha value is -2.51. The predicted octanol–water partition coefficient (Wildman–Crippen LogP) is 3.51. The Morgan fingerprint density at radius 3 is 2.46 bits per heavy atom. The number of phenols is 2. The van der Waals surface area contributed by atoms with Gasteiger partial charge in [-0.2, -0.15) is 0 Å². The number of carbonyl (C=O) groups excluding carboxylic acids is 1. The van der Waals surface area contributed by atoms with Gasteiger partial charge in [-0.1, -0.05) is 30.0 Å². The summed E-state index contributed by atoms with van der Waals surface area (Å²) >= 11 is 6.49. The van der Waals surface area contributed by atoms with Crippen LogP contribution >= 0.6 is 24.0 Å². The quantitative estimate of drug-likeness (QED) is 0.496. The Morgan fingerprint density at radius 2 is 1.83 bits per heavy atom. The highest BCUT2D eigenvalue weighted by atomic mass is 32.2. The first-order chi connectivity index (χ1) is 11.5. The van der Waals surface area contributed by atoms with Gasteiger partial charge in [0.25, 0.3) is 5.91 Å². The third-order valence-corrected chi connectivity index (χ3v) is 4.72. The summed E-state index contributed by atoms with van der Waals surface area (Å²) in [7, 11) is 1.57. The first-order valence-corrected chi connectivity index (χ1v) is 8.16. The molecule has 0 bridgehead atoms. The van der Waals surface area contributed by atoms with Crippen molar-refractivity contribution in [1.29, 1.82) is 0 Å². The third kappa shape index (κ3) is 3.08. The molecule has 3 rings (SSSR count). The van der Waals surface area contributed by atoms with Gasteiger partial charge < -0.3 is 14.9 Å². The zero-order valence-electron chi connectivity index (χ0n) is 12.6. The van der Waals surface area contributed by atoms with Crippen LogP contribution in [0.5, 0.6) is 17.2 Å². The Bertz CT molecular complexity index is 846. The van der Waals surface area contributed by atoms with Gasteiger partial charge >= 0.3 is 0 Å². The lowest BCUT2D eigenvalue weighted by molar-refractivity contribution is -0.113. The van der Waals surface area contributed by atoms with E-state index in [1.807, 2.05) is 0 Å². The third-order valence-electron chi connectivity index (χ3n) is 3.42. The number of thiocarbonyl (C=S) groups is 1. The topological polar surface area (TPSA) is 70.0 Å². The first-order valence-electron chi connectivity index (χ1n) is 6.93. The Labute approximate surface area is 148 Å². The normalized spacial score (nSPS) is 16.0. The molecule has 0 aliphatic carbocycles. The van der Waals surface area contributed by atoms with Gasteiger partial charge in [0.15, 0.2) is 15.8 Å². The molecule has 0 saturated carbocycles. The van der Waals surface area contributed by atoms with Crippen LogP contribution in [-0.4, -0.2) is 27.6 Å². The standard InChI is InChI=1S/C17H13NO4S2/c1-22-12-5-3-11(4-6-12)18-16(21)15(24-17(18)23)9-10-2-7-13(19)14(20)8-10/h2-9,19-20H,1H3. The fourth-order valence-electron chi connectivity index (χ4n) is 2.20. The summed E-state index contributed by atoms with van der Waals surface area (Å²) in [5.74, 6) is 0.00866. The Kier molecular flexibility index (Phi) is 4.46. The zero-order chi connectivity index (χ0) is 17.3. The van der Waals surface area contributed by atoms with Gasteiger partial charge in [-0.05, 0) is 48.0 Å². The molecule has 7 heteroatoms. The number of carbonyl (C=O) groups is 1. The minimum atomic E-state index is -0.241. The van der Waals surface area contributed by atoms with Crippen LogP contribution in [0, 0.1) is 0 Å². The monoisotopic (exact) mass is 359 g/mol. The number of hydrogen-bond acceptors (Lipinski definition) is 6. The molecule has 2 N–H and O–H groups in total. The lowest BCUT2D eigenvalue weighted by Crippen LogP contribution is -2.27. The first kappa shape index (κ1) is 16.4. The fraction of sp³-hybridized carbons (Fsp3) is 0.0588. The van der Waals surface area contributed by atoms with Crippen LogP contribution in [0.3, 0.4) is 0 Å². The number of hydrogen-bond donors (Lipinski definition) is 2. The van der Waals surface area contributed by atoms with Crippen LogP contribution in [0.15, 0.2) is 47.4 Å². The number of thioether (sulfide) groups is 1. The number of phenolic OH excluding ortho intramolecular Hbond substituents is 2. The van der Waals surface area contributed by atoms with Gasteiger partial charge in [-0.3, -0.25) is 9.69 Å². The van der Waals surface area contributed by atoms with E-state index >= 15 is 0 Å². The van der Waals surface area contributed by atoms with Crippen molar-refractivity contribution in [3.05, 3.63) is 52.9 Å². The van der Waals surface area contributed by atoms with E-state index in [0.717, 1.165) is 0 Å². The molecule has 1 aliphatic heterocycles. The van der Waals surface area contributed by atoms with Crippen molar-refractivity contribution in [3.63, 3.8) is 0 Å². The largest absolute Gasteiger partial charge is 0.504 e. The summed E-state index contributed by atoms with van der Waals surface area (Å²) in [5.41, 5.74) is 1.26. The van der Waals surface area contributed by atoms with Gasteiger partial charge in [0.2, 0.25) is 0 Å². The second-order valence-electron chi connectivity index (χ2n) is 4.96. The molecule has 0 aromatic heterocycles. The smallest absolute Gasteiger partial charge is 0.270 e. The molecule has 122 valence electrons. The summed E-state index contributed by atoms with van der Waals surface area (Å²) in [4.78, 5) is 14.5. The molecule has 1 heterocycles. The van der Waals surface area contributed by atoms with Gasteiger partial charge in [-0.15, -0.1) is 0 Å². The SMILES string of the molecule is COc1ccc(N2C(=O)C(=Cc3ccc(O)c(O)c3)SC2=S)cc1. The van der Waals surface area contributed by atoms with Crippen LogP contribution in [-0.2, 0) is 4.79 Å². The van der Waals surface area contributed by atoms with E-state index in [1.165, 1.54) is 28.8 Å². The van der Waals surface area contributed by atoms with Crippen molar-refractivity contribution in [2.45, 2.75) is 0 Å². The number of aromatic hydroxyl groups is 2. The average Bonchev–Trinajstić information content (AvgIpc) is 2.85. The summed E-state index contributed by atoms with van der Waals surface area (Å²) < 4.78 is 5.54. The molecule has 2 aromatic rings. The molecule has 24 heavy (non-hydrogen) atoms. The lowest BCUT2D eigenvalue weighted by Gasteiger charge is -2.14. The second-order valence-corrected chi connectivity index (χ2v) is 6.64. The van der Waals surface area contributed by atoms with E-state index in [2.05, 4.69) is 0 Å². The zero-order valence-corrected chi connectivity index (χ0v) is 14.2. The molecular formula is C17H13NO4S2. The number of anilines is 1. The highest BCUT2D eigenvalue weighted by molar-refractivity contribution is 8.27. The number of nitrogens with zero attached hydrogens (tertiary/aromatic N) is 1. The highest BCUT2D eigenvalue weighted by Crippen LogP contribution is 2.37. The van der Waals surface area contributed by atoms with Crippen LogP contribution in [0.4, 0.5) is 5.69 Å². The Balaban J connectivity index is 1.90.